The first-order valence-corrected chi connectivity index (χ1v) is 7.32. The number of amides is 1. The highest BCUT2D eigenvalue weighted by Crippen LogP contribution is 2.25. The van der Waals surface area contributed by atoms with Gasteiger partial charge in [-0.2, -0.15) is 0 Å². The lowest BCUT2D eigenvalue weighted by atomic mass is 10.1. The van der Waals surface area contributed by atoms with Gasteiger partial charge in [0.25, 0.3) is 5.91 Å². The van der Waals surface area contributed by atoms with Crippen LogP contribution in [0.2, 0.25) is 0 Å². The lowest BCUT2D eigenvalue weighted by Gasteiger charge is -2.37. The van der Waals surface area contributed by atoms with E-state index < -0.39 is 0 Å². The van der Waals surface area contributed by atoms with Gasteiger partial charge < -0.3 is 14.6 Å². The van der Waals surface area contributed by atoms with Crippen LogP contribution in [0.1, 0.15) is 28.9 Å². The minimum absolute atomic E-state index is 0.0364. The SMILES string of the molecule is CC1CN(C(=O)c2ccc(=O)[nH]c2)CC(c2ccccc2)O1. The van der Waals surface area contributed by atoms with Crippen LogP contribution in [0.25, 0.3) is 0 Å². The first kappa shape index (κ1) is 14.5. The number of morpholine rings is 1. The standard InChI is InChI=1S/C17H18N2O3/c1-12-10-19(17(21)14-7-8-16(20)18-9-14)11-15(22-12)13-5-3-2-4-6-13/h2-9,12,15H,10-11H2,1H3,(H,18,20). The average molecular weight is 298 g/mol. The van der Waals surface area contributed by atoms with E-state index in [2.05, 4.69) is 4.98 Å². The Kier molecular flexibility index (Phi) is 4.06. The molecule has 0 radical (unpaired) electrons. The molecule has 1 saturated heterocycles. The van der Waals surface area contributed by atoms with Crippen molar-refractivity contribution >= 4 is 5.91 Å². The Balaban J connectivity index is 1.80. The quantitative estimate of drug-likeness (QED) is 0.922. The third-order valence-electron chi connectivity index (χ3n) is 3.75. The number of H-pyrrole nitrogens is 1. The second kappa shape index (κ2) is 6.15. The number of nitrogens with one attached hydrogen (secondary N) is 1. The van der Waals surface area contributed by atoms with Crippen molar-refractivity contribution in [1.82, 2.24) is 9.88 Å². The second-order valence-corrected chi connectivity index (χ2v) is 5.50. The number of ether oxygens (including phenoxy) is 1. The molecule has 1 aromatic carbocycles. The van der Waals surface area contributed by atoms with Crippen LogP contribution < -0.4 is 5.56 Å². The Bertz CT molecular complexity index is 691. The molecule has 0 spiro atoms. The van der Waals surface area contributed by atoms with E-state index in [1.807, 2.05) is 37.3 Å². The molecule has 3 rings (SSSR count). The molecule has 1 N–H and O–H groups in total. The van der Waals surface area contributed by atoms with Crippen LogP contribution in [0.4, 0.5) is 0 Å². The summed E-state index contributed by atoms with van der Waals surface area (Å²) in [4.78, 5) is 28.0. The molecule has 1 fully saturated rings. The zero-order valence-corrected chi connectivity index (χ0v) is 12.4. The number of carbonyl (C=O) groups is 1. The summed E-state index contributed by atoms with van der Waals surface area (Å²) in [6.07, 6.45) is 1.30. The maximum atomic E-state index is 12.6. The minimum Gasteiger partial charge on any atom is -0.367 e. The zero-order valence-electron chi connectivity index (χ0n) is 12.4. The molecule has 5 heteroatoms. The van der Waals surface area contributed by atoms with Crippen LogP contribution in [-0.2, 0) is 4.74 Å². The summed E-state index contributed by atoms with van der Waals surface area (Å²) >= 11 is 0. The van der Waals surface area contributed by atoms with Crippen LogP contribution >= 0.6 is 0 Å². The third kappa shape index (κ3) is 3.09. The van der Waals surface area contributed by atoms with E-state index in [-0.39, 0.29) is 23.7 Å². The van der Waals surface area contributed by atoms with Crippen LogP contribution in [0, 0.1) is 0 Å². The van der Waals surface area contributed by atoms with Gasteiger partial charge in [0.15, 0.2) is 0 Å². The summed E-state index contributed by atoms with van der Waals surface area (Å²) in [6.45, 7) is 3.01. The van der Waals surface area contributed by atoms with Gasteiger partial charge in [-0.05, 0) is 18.6 Å². The zero-order chi connectivity index (χ0) is 15.5. The fourth-order valence-corrected chi connectivity index (χ4v) is 2.70. The molecule has 2 unspecified atom stereocenters. The predicted molar refractivity (Wildman–Crippen MR) is 82.7 cm³/mol. The van der Waals surface area contributed by atoms with Crippen molar-refractivity contribution in [1.29, 1.82) is 0 Å². The average Bonchev–Trinajstić information content (AvgIpc) is 2.55. The van der Waals surface area contributed by atoms with Gasteiger partial charge in [-0.25, -0.2) is 0 Å². The van der Waals surface area contributed by atoms with Crippen molar-refractivity contribution in [3.05, 3.63) is 70.1 Å². The summed E-state index contributed by atoms with van der Waals surface area (Å²) in [7, 11) is 0. The van der Waals surface area contributed by atoms with Crippen LogP contribution in [0.15, 0.2) is 53.5 Å². The summed E-state index contributed by atoms with van der Waals surface area (Å²) in [5.74, 6) is -0.0904. The number of nitrogens with zero attached hydrogens (tertiary/aromatic N) is 1. The first-order chi connectivity index (χ1) is 10.6. The number of hydrogen-bond acceptors (Lipinski definition) is 3. The first-order valence-electron chi connectivity index (χ1n) is 7.32. The number of pyridine rings is 1. The van der Waals surface area contributed by atoms with E-state index >= 15 is 0 Å². The molecule has 2 heterocycles. The number of benzene rings is 1. The van der Waals surface area contributed by atoms with Crippen LogP contribution in [0.3, 0.4) is 0 Å². The predicted octanol–water partition coefficient (Wildman–Crippen LogP) is 1.98. The van der Waals surface area contributed by atoms with Gasteiger partial charge in [0.2, 0.25) is 5.56 Å². The highest BCUT2D eigenvalue weighted by atomic mass is 16.5. The van der Waals surface area contributed by atoms with Crippen molar-refractivity contribution in [2.24, 2.45) is 0 Å². The Morgan fingerprint density at radius 2 is 1.95 bits per heavy atom. The molecule has 2 aromatic rings. The monoisotopic (exact) mass is 298 g/mol. The number of aromatic nitrogens is 1. The van der Waals surface area contributed by atoms with E-state index in [4.69, 9.17) is 4.74 Å². The number of rotatable bonds is 2. The number of aromatic amines is 1. The molecule has 1 aromatic heterocycles. The fourth-order valence-electron chi connectivity index (χ4n) is 2.70. The van der Waals surface area contributed by atoms with Crippen molar-refractivity contribution < 1.29 is 9.53 Å². The summed E-state index contributed by atoms with van der Waals surface area (Å²) in [6, 6.07) is 12.8. The number of carbonyl (C=O) groups excluding carboxylic acids is 1. The molecule has 0 saturated carbocycles. The molecule has 1 amide bonds. The maximum Gasteiger partial charge on any atom is 0.255 e. The molecule has 22 heavy (non-hydrogen) atoms. The Hall–Kier alpha value is -2.40. The second-order valence-electron chi connectivity index (χ2n) is 5.50. The highest BCUT2D eigenvalue weighted by Gasteiger charge is 2.29. The maximum absolute atomic E-state index is 12.6. The molecule has 114 valence electrons. The Labute approximate surface area is 128 Å². The van der Waals surface area contributed by atoms with Gasteiger partial charge in [0.1, 0.15) is 6.10 Å². The fraction of sp³-hybridized carbons (Fsp3) is 0.294. The molecule has 2 atom stereocenters. The van der Waals surface area contributed by atoms with Crippen molar-refractivity contribution in [2.75, 3.05) is 13.1 Å². The van der Waals surface area contributed by atoms with Crippen molar-refractivity contribution in [3.63, 3.8) is 0 Å². The van der Waals surface area contributed by atoms with Crippen molar-refractivity contribution in [3.8, 4) is 0 Å². The van der Waals surface area contributed by atoms with E-state index in [0.29, 0.717) is 18.7 Å². The Morgan fingerprint density at radius 3 is 2.64 bits per heavy atom. The molecule has 1 aliphatic rings. The summed E-state index contributed by atoms with van der Waals surface area (Å²) < 4.78 is 5.96. The topological polar surface area (TPSA) is 62.4 Å². The van der Waals surface area contributed by atoms with Gasteiger partial charge in [-0.1, -0.05) is 30.3 Å². The summed E-state index contributed by atoms with van der Waals surface area (Å²) in [5, 5.41) is 0. The summed E-state index contributed by atoms with van der Waals surface area (Å²) in [5.41, 5.74) is 1.34. The lowest BCUT2D eigenvalue weighted by Crippen LogP contribution is -2.46. The van der Waals surface area contributed by atoms with Crippen LogP contribution in [-0.4, -0.2) is 35.0 Å². The minimum atomic E-state index is -0.214. The normalized spacial score (nSPS) is 21.6. The van der Waals surface area contributed by atoms with Crippen molar-refractivity contribution in [2.45, 2.75) is 19.1 Å². The molecule has 1 aliphatic heterocycles. The van der Waals surface area contributed by atoms with Gasteiger partial charge in [-0.3, -0.25) is 9.59 Å². The smallest absolute Gasteiger partial charge is 0.255 e. The molecular weight excluding hydrogens is 280 g/mol. The van der Waals surface area contributed by atoms with Gasteiger partial charge in [0, 0.05) is 18.8 Å². The van der Waals surface area contributed by atoms with E-state index in [9.17, 15) is 9.59 Å². The van der Waals surface area contributed by atoms with E-state index in [0.717, 1.165) is 5.56 Å². The van der Waals surface area contributed by atoms with Gasteiger partial charge in [-0.15, -0.1) is 0 Å². The molecule has 0 bridgehead atoms. The van der Waals surface area contributed by atoms with Crippen LogP contribution in [0.5, 0.6) is 0 Å². The molecule has 0 aliphatic carbocycles. The lowest BCUT2D eigenvalue weighted by molar-refractivity contribution is -0.0691. The largest absolute Gasteiger partial charge is 0.367 e. The van der Waals surface area contributed by atoms with Gasteiger partial charge in [0.05, 0.1) is 18.2 Å². The number of hydrogen-bond donors (Lipinski definition) is 1. The van der Waals surface area contributed by atoms with E-state index in [1.54, 1.807) is 11.0 Å². The molecular formula is C17H18N2O3. The molecule has 5 nitrogen and oxygen atoms in total. The Morgan fingerprint density at radius 1 is 1.18 bits per heavy atom. The van der Waals surface area contributed by atoms with E-state index in [1.165, 1.54) is 12.3 Å². The third-order valence-corrected chi connectivity index (χ3v) is 3.75. The van der Waals surface area contributed by atoms with Gasteiger partial charge >= 0.3 is 0 Å². The highest BCUT2D eigenvalue weighted by molar-refractivity contribution is 5.94.